The molecule has 0 aliphatic heterocycles. The molecule has 0 unspecified atom stereocenters. The lowest BCUT2D eigenvalue weighted by molar-refractivity contribution is 0.919. The number of hydrogen-bond acceptors (Lipinski definition) is 4. The molecule has 1 aromatic carbocycles. The number of nitrogens with zero attached hydrogens (tertiary/aromatic N) is 4. The van der Waals surface area contributed by atoms with Gasteiger partial charge in [0, 0.05) is 0 Å². The predicted molar refractivity (Wildman–Crippen MR) is 73.1 cm³/mol. The number of anilines is 2. The highest BCUT2D eigenvalue weighted by atomic mass is 16.3. The molecule has 18 heavy (non-hydrogen) atoms. The molecular formula is C12H14N4O2. The second-order valence-corrected chi connectivity index (χ2v) is 3.42. The van der Waals surface area contributed by atoms with Gasteiger partial charge in [-0.25, -0.2) is 10.0 Å². The smallest absolute Gasteiger partial charge is 0.0631 e. The maximum Gasteiger partial charge on any atom is 0.0631 e. The first kappa shape index (κ1) is 13.6. The van der Waals surface area contributed by atoms with E-state index in [0.29, 0.717) is 24.5 Å². The van der Waals surface area contributed by atoms with Crippen molar-refractivity contribution < 1.29 is 0 Å². The topological polar surface area (TPSA) is 65.3 Å². The molecule has 1 rings (SSSR count). The largest absolute Gasteiger partial charge is 0.226 e. The van der Waals surface area contributed by atoms with Gasteiger partial charge >= 0.3 is 0 Å². The van der Waals surface area contributed by atoms with E-state index in [-0.39, 0.29) is 0 Å². The van der Waals surface area contributed by atoms with E-state index in [1.54, 1.807) is 36.4 Å². The van der Waals surface area contributed by atoms with Gasteiger partial charge in [-0.3, -0.25) is 0 Å². The van der Waals surface area contributed by atoms with Crippen LogP contribution in [0, 0.1) is 9.81 Å². The third-order valence-corrected chi connectivity index (χ3v) is 2.25. The Morgan fingerprint density at radius 3 is 1.44 bits per heavy atom. The highest BCUT2D eigenvalue weighted by Gasteiger charge is 2.07. The fraction of sp³-hybridized carbons (Fsp3) is 0.167. The molecule has 0 aromatic heterocycles. The number of rotatable bonds is 8. The van der Waals surface area contributed by atoms with Gasteiger partial charge in [0.1, 0.15) is 0 Å². The number of hydrogen-bond donors (Lipinski definition) is 0. The Morgan fingerprint density at radius 1 is 0.889 bits per heavy atom. The van der Waals surface area contributed by atoms with Crippen molar-refractivity contribution in [3.8, 4) is 0 Å². The van der Waals surface area contributed by atoms with E-state index < -0.39 is 0 Å². The minimum atomic E-state index is 0.325. The monoisotopic (exact) mass is 246 g/mol. The van der Waals surface area contributed by atoms with Crippen molar-refractivity contribution in [3.05, 3.63) is 59.4 Å². The summed E-state index contributed by atoms with van der Waals surface area (Å²) >= 11 is 0. The summed E-state index contributed by atoms with van der Waals surface area (Å²) in [6.45, 7) is 7.73. The highest BCUT2D eigenvalue weighted by Crippen LogP contribution is 2.21. The van der Waals surface area contributed by atoms with E-state index in [0.717, 1.165) is 0 Å². The Labute approximate surface area is 105 Å². The summed E-state index contributed by atoms with van der Waals surface area (Å²) in [6.07, 6.45) is 3.15. The summed E-state index contributed by atoms with van der Waals surface area (Å²) in [5, 5.41) is 8.26. The molecule has 94 valence electrons. The van der Waals surface area contributed by atoms with Crippen LogP contribution in [0.4, 0.5) is 11.4 Å². The summed E-state index contributed by atoms with van der Waals surface area (Å²) in [5.41, 5.74) is 1.25. The van der Waals surface area contributed by atoms with Gasteiger partial charge in [0.15, 0.2) is 0 Å². The van der Waals surface area contributed by atoms with Gasteiger partial charge in [0.2, 0.25) is 0 Å². The Morgan fingerprint density at radius 2 is 1.22 bits per heavy atom. The van der Waals surface area contributed by atoms with Crippen LogP contribution >= 0.6 is 0 Å². The van der Waals surface area contributed by atoms with E-state index in [2.05, 4.69) is 23.7 Å². The van der Waals surface area contributed by atoms with Crippen molar-refractivity contribution in [2.45, 2.75) is 0 Å². The molecule has 0 saturated heterocycles. The van der Waals surface area contributed by atoms with Gasteiger partial charge in [0.25, 0.3) is 0 Å². The fourth-order valence-corrected chi connectivity index (χ4v) is 1.41. The zero-order chi connectivity index (χ0) is 13.4. The van der Waals surface area contributed by atoms with Crippen LogP contribution in [0.5, 0.6) is 0 Å². The minimum absolute atomic E-state index is 0.325. The van der Waals surface area contributed by atoms with Crippen molar-refractivity contribution in [2.75, 3.05) is 23.1 Å². The quantitative estimate of drug-likeness (QED) is 0.401. The first-order valence-electron chi connectivity index (χ1n) is 5.30. The molecule has 0 amide bonds. The molecule has 6 nitrogen and oxygen atoms in total. The van der Waals surface area contributed by atoms with Gasteiger partial charge in [-0.1, -0.05) is 12.2 Å². The molecule has 0 aliphatic carbocycles. The van der Waals surface area contributed by atoms with Crippen LogP contribution < -0.4 is 10.0 Å². The van der Waals surface area contributed by atoms with Crippen molar-refractivity contribution in [3.63, 3.8) is 0 Å². The SMILES string of the molecule is C=CCN(N=O)c1ccc(N(CC=C)N=O)cc1. The van der Waals surface area contributed by atoms with Crippen LogP contribution in [0.3, 0.4) is 0 Å². The molecule has 6 heteroatoms. The van der Waals surface area contributed by atoms with Gasteiger partial charge in [-0.05, 0) is 24.3 Å². The molecule has 0 spiro atoms. The molecule has 0 aliphatic rings. The Bertz CT molecular complexity index is 389. The second-order valence-electron chi connectivity index (χ2n) is 3.42. The fourth-order valence-electron chi connectivity index (χ4n) is 1.41. The van der Waals surface area contributed by atoms with Crippen molar-refractivity contribution in [2.24, 2.45) is 10.6 Å². The minimum Gasteiger partial charge on any atom is -0.226 e. The lowest BCUT2D eigenvalue weighted by Crippen LogP contribution is -2.16. The second kappa shape index (κ2) is 6.95. The van der Waals surface area contributed by atoms with Crippen molar-refractivity contribution >= 4 is 11.4 Å². The van der Waals surface area contributed by atoms with Gasteiger partial charge in [0.05, 0.1) is 35.0 Å². The van der Waals surface area contributed by atoms with Crippen LogP contribution in [0.15, 0.2) is 60.1 Å². The summed E-state index contributed by atoms with van der Waals surface area (Å²) in [4.78, 5) is 21.2. The molecule has 0 fully saturated rings. The molecule has 0 heterocycles. The van der Waals surface area contributed by atoms with Crippen LogP contribution in [0.25, 0.3) is 0 Å². The van der Waals surface area contributed by atoms with Crippen molar-refractivity contribution in [1.82, 2.24) is 0 Å². The van der Waals surface area contributed by atoms with E-state index >= 15 is 0 Å². The first-order chi connectivity index (χ1) is 8.76. The summed E-state index contributed by atoms with van der Waals surface area (Å²) in [6, 6.07) is 6.73. The molecular weight excluding hydrogens is 232 g/mol. The van der Waals surface area contributed by atoms with Gasteiger partial charge in [-0.15, -0.1) is 23.0 Å². The molecule has 0 radical (unpaired) electrons. The average molecular weight is 246 g/mol. The third-order valence-electron chi connectivity index (χ3n) is 2.25. The summed E-state index contributed by atoms with van der Waals surface area (Å²) < 4.78 is 0. The zero-order valence-electron chi connectivity index (χ0n) is 9.90. The maximum atomic E-state index is 10.6. The molecule has 0 atom stereocenters. The molecule has 0 saturated carbocycles. The molecule has 1 aromatic rings. The van der Waals surface area contributed by atoms with Crippen LogP contribution in [-0.2, 0) is 0 Å². The Hall–Kier alpha value is -2.50. The lowest BCUT2D eigenvalue weighted by Gasteiger charge is -2.16. The van der Waals surface area contributed by atoms with Gasteiger partial charge < -0.3 is 0 Å². The maximum absolute atomic E-state index is 10.6. The first-order valence-corrected chi connectivity index (χ1v) is 5.30. The van der Waals surface area contributed by atoms with Crippen LogP contribution in [0.2, 0.25) is 0 Å². The Kier molecular flexibility index (Phi) is 5.24. The normalized spacial score (nSPS) is 9.33. The van der Waals surface area contributed by atoms with E-state index in [1.807, 2.05) is 0 Å². The average Bonchev–Trinajstić information content (AvgIpc) is 2.42. The summed E-state index contributed by atoms with van der Waals surface area (Å²) in [7, 11) is 0. The molecule has 0 bridgehead atoms. The predicted octanol–water partition coefficient (Wildman–Crippen LogP) is 3.03. The number of nitroso groups, excluding NO2 is 2. The van der Waals surface area contributed by atoms with Crippen molar-refractivity contribution in [1.29, 1.82) is 0 Å². The highest BCUT2D eigenvalue weighted by molar-refractivity contribution is 5.56. The standard InChI is InChI=1S/C12H14N4O2/c1-3-9-15(13-17)11-5-7-12(8-6-11)16(14-18)10-4-2/h3-8H,1-2,9-10H2. The summed E-state index contributed by atoms with van der Waals surface area (Å²) in [5.74, 6) is 0. The zero-order valence-corrected chi connectivity index (χ0v) is 9.90. The molecule has 0 N–H and O–H groups in total. The number of benzene rings is 1. The van der Waals surface area contributed by atoms with E-state index in [9.17, 15) is 9.81 Å². The van der Waals surface area contributed by atoms with Crippen LogP contribution in [-0.4, -0.2) is 13.1 Å². The van der Waals surface area contributed by atoms with E-state index in [1.165, 1.54) is 10.0 Å². The van der Waals surface area contributed by atoms with E-state index in [4.69, 9.17) is 0 Å². The van der Waals surface area contributed by atoms with Crippen LogP contribution in [0.1, 0.15) is 0 Å². The lowest BCUT2D eigenvalue weighted by atomic mass is 10.2. The third kappa shape index (κ3) is 3.24. The Balaban J connectivity index is 2.89. The van der Waals surface area contributed by atoms with Gasteiger partial charge in [-0.2, -0.15) is 0 Å².